The third-order valence-corrected chi connectivity index (χ3v) is 4.85. The molecule has 0 unspecified atom stereocenters. The fourth-order valence-corrected chi connectivity index (χ4v) is 3.65. The first-order valence-electron chi connectivity index (χ1n) is 9.37. The molecule has 1 amide bonds. The van der Waals surface area contributed by atoms with Crippen LogP contribution in [0.15, 0.2) is 11.3 Å². The Morgan fingerprint density at radius 3 is 2.19 bits per heavy atom. The van der Waals surface area contributed by atoms with E-state index in [0.29, 0.717) is 31.6 Å². The van der Waals surface area contributed by atoms with Crippen molar-refractivity contribution in [1.82, 2.24) is 10.2 Å². The quantitative estimate of drug-likeness (QED) is 0.734. The lowest BCUT2D eigenvalue weighted by atomic mass is 9.67. The van der Waals surface area contributed by atoms with Gasteiger partial charge in [0.05, 0.1) is 5.70 Å². The molecule has 26 heavy (non-hydrogen) atoms. The second-order valence-corrected chi connectivity index (χ2v) is 9.66. The average molecular weight is 364 g/mol. The van der Waals surface area contributed by atoms with Gasteiger partial charge in [0.1, 0.15) is 5.60 Å². The molecule has 1 heterocycles. The smallest absolute Gasteiger partial charge is 0.410 e. The number of nitrogens with one attached hydrogen (secondary N) is 2. The second kappa shape index (κ2) is 7.05. The van der Waals surface area contributed by atoms with Gasteiger partial charge in [-0.2, -0.15) is 0 Å². The third kappa shape index (κ3) is 5.08. The lowest BCUT2D eigenvalue weighted by Crippen LogP contribution is -2.48. The summed E-state index contributed by atoms with van der Waals surface area (Å²) in [6.45, 7) is 12.8. The summed E-state index contributed by atoms with van der Waals surface area (Å²) in [5.74, 6) is 0.0791. The largest absolute Gasteiger partial charge is 0.444 e. The molecule has 0 atom stereocenters. The predicted octanol–water partition coefficient (Wildman–Crippen LogP) is 3.66. The van der Waals surface area contributed by atoms with E-state index in [1.165, 1.54) is 6.21 Å². The van der Waals surface area contributed by atoms with E-state index < -0.39 is 5.60 Å². The number of piperidine rings is 1. The van der Waals surface area contributed by atoms with Gasteiger partial charge in [0, 0.05) is 31.3 Å². The van der Waals surface area contributed by atoms with Gasteiger partial charge in [0.25, 0.3) is 0 Å². The van der Waals surface area contributed by atoms with Gasteiger partial charge in [-0.1, -0.05) is 0 Å². The molecule has 0 aromatic carbocycles. The minimum absolute atomic E-state index is 0.0791. The molecule has 1 fully saturated rings. The summed E-state index contributed by atoms with van der Waals surface area (Å²) < 4.78 is 5.45. The van der Waals surface area contributed by atoms with Crippen LogP contribution in [-0.2, 0) is 9.53 Å². The molecule has 146 valence electrons. The zero-order chi connectivity index (χ0) is 19.8. The summed E-state index contributed by atoms with van der Waals surface area (Å²) >= 11 is 0. The van der Waals surface area contributed by atoms with Crippen LogP contribution in [0.4, 0.5) is 4.79 Å². The Labute approximate surface area is 156 Å². The Hall–Kier alpha value is -1.85. The molecule has 2 rings (SSSR count). The lowest BCUT2D eigenvalue weighted by molar-refractivity contribution is -0.120. The molecular weight excluding hydrogens is 330 g/mol. The molecule has 6 nitrogen and oxygen atoms in total. The number of Topliss-reactive ketones (excluding diaryl/α,β-unsaturated/α-hetero) is 1. The number of nitrogens with zero attached hydrogens (tertiary/aromatic N) is 1. The van der Waals surface area contributed by atoms with Crippen LogP contribution < -0.4 is 5.32 Å². The Morgan fingerprint density at radius 2 is 1.73 bits per heavy atom. The van der Waals surface area contributed by atoms with E-state index in [-0.39, 0.29) is 22.8 Å². The van der Waals surface area contributed by atoms with Crippen LogP contribution in [0.3, 0.4) is 0 Å². The first kappa shape index (κ1) is 20.5. The number of allylic oxidation sites excluding steroid dienone is 2. The summed E-state index contributed by atoms with van der Waals surface area (Å²) in [4.78, 5) is 26.8. The second-order valence-electron chi connectivity index (χ2n) is 9.66. The predicted molar refractivity (Wildman–Crippen MR) is 102 cm³/mol. The molecule has 1 aliphatic heterocycles. The summed E-state index contributed by atoms with van der Waals surface area (Å²) in [5.41, 5.74) is 0.501. The molecular formula is C20H33N3O3. The molecule has 0 radical (unpaired) electrons. The number of likely N-dealkylation sites (tertiary alicyclic amines) is 1. The Morgan fingerprint density at radius 1 is 1.15 bits per heavy atom. The van der Waals surface area contributed by atoms with Crippen molar-refractivity contribution < 1.29 is 14.3 Å². The zero-order valence-electron chi connectivity index (χ0n) is 17.0. The third-order valence-electron chi connectivity index (χ3n) is 4.85. The van der Waals surface area contributed by atoms with Crippen LogP contribution in [0.2, 0.25) is 0 Å². The fourth-order valence-electron chi connectivity index (χ4n) is 3.65. The van der Waals surface area contributed by atoms with Gasteiger partial charge in [-0.15, -0.1) is 0 Å². The highest BCUT2D eigenvalue weighted by Crippen LogP contribution is 2.45. The van der Waals surface area contributed by atoms with Crippen LogP contribution in [0.25, 0.3) is 0 Å². The summed E-state index contributed by atoms with van der Waals surface area (Å²) in [6, 6.07) is 0. The maximum atomic E-state index is 12.8. The van der Waals surface area contributed by atoms with Gasteiger partial charge in [-0.3, -0.25) is 4.79 Å². The van der Waals surface area contributed by atoms with E-state index in [9.17, 15) is 9.59 Å². The summed E-state index contributed by atoms with van der Waals surface area (Å²) in [5, 5.41) is 11.1. The van der Waals surface area contributed by atoms with E-state index in [1.807, 2.05) is 41.5 Å². The maximum absolute atomic E-state index is 12.8. The molecule has 2 aliphatic rings. The molecule has 2 N–H and O–H groups in total. The summed E-state index contributed by atoms with van der Waals surface area (Å²) in [7, 11) is 0. The number of carbonyl (C=O) groups excluding carboxylic acids is 2. The number of ether oxygens (including phenoxy) is 1. The van der Waals surface area contributed by atoms with Crippen LogP contribution in [0.5, 0.6) is 0 Å². The maximum Gasteiger partial charge on any atom is 0.410 e. The van der Waals surface area contributed by atoms with Crippen molar-refractivity contribution in [2.45, 2.75) is 78.4 Å². The van der Waals surface area contributed by atoms with Crippen LogP contribution in [0, 0.1) is 10.8 Å². The van der Waals surface area contributed by atoms with Gasteiger partial charge in [0.2, 0.25) is 0 Å². The van der Waals surface area contributed by atoms with E-state index in [4.69, 9.17) is 10.1 Å². The molecule has 1 saturated heterocycles. The van der Waals surface area contributed by atoms with Gasteiger partial charge < -0.3 is 20.4 Å². The standard InChI is InChI=1S/C20H33N3O3/c1-18(2,3)22-16-14(13-21)11-20(12-15(16)24)7-9-23(10-8-20)17(25)26-19(4,5)6/h13,21-22H,7-12H2,1-6H3. The SMILES string of the molecule is CC(C)(C)NC1=C(C=N)CC2(CCN(C(=O)OC(C)(C)C)CC2)CC1=O. The van der Waals surface area contributed by atoms with Crippen molar-refractivity contribution in [3.8, 4) is 0 Å². The van der Waals surface area contributed by atoms with E-state index in [0.717, 1.165) is 18.4 Å². The molecule has 1 spiro atoms. The number of carbonyl (C=O) groups is 2. The van der Waals surface area contributed by atoms with Gasteiger partial charge in [0.15, 0.2) is 5.78 Å². The van der Waals surface area contributed by atoms with Gasteiger partial charge in [-0.05, 0) is 71.8 Å². The van der Waals surface area contributed by atoms with Crippen LogP contribution in [0.1, 0.15) is 67.2 Å². The normalized spacial score (nSPS) is 21.0. The number of hydrogen-bond donors (Lipinski definition) is 2. The highest BCUT2D eigenvalue weighted by molar-refractivity contribution is 6.02. The Bertz CT molecular complexity index is 615. The minimum Gasteiger partial charge on any atom is -0.444 e. The number of ketones is 1. The number of hydrogen-bond acceptors (Lipinski definition) is 5. The first-order valence-corrected chi connectivity index (χ1v) is 9.37. The fraction of sp³-hybridized carbons (Fsp3) is 0.750. The van der Waals surface area contributed by atoms with Crippen molar-refractivity contribution >= 4 is 18.1 Å². The van der Waals surface area contributed by atoms with E-state index in [2.05, 4.69) is 5.32 Å². The number of rotatable bonds is 2. The number of amides is 1. The van der Waals surface area contributed by atoms with Gasteiger partial charge in [-0.25, -0.2) is 4.79 Å². The van der Waals surface area contributed by atoms with Crippen molar-refractivity contribution in [2.75, 3.05) is 13.1 Å². The van der Waals surface area contributed by atoms with Crippen molar-refractivity contribution in [3.05, 3.63) is 11.3 Å². The van der Waals surface area contributed by atoms with Gasteiger partial charge >= 0.3 is 6.09 Å². The van der Waals surface area contributed by atoms with Crippen LogP contribution >= 0.6 is 0 Å². The summed E-state index contributed by atoms with van der Waals surface area (Å²) in [6.07, 6.45) is 3.74. The van der Waals surface area contributed by atoms with Crippen molar-refractivity contribution in [3.63, 3.8) is 0 Å². The molecule has 0 bridgehead atoms. The van der Waals surface area contributed by atoms with Crippen molar-refractivity contribution in [2.24, 2.45) is 5.41 Å². The average Bonchev–Trinajstić information content (AvgIpc) is 2.48. The Balaban J connectivity index is 2.09. The monoisotopic (exact) mass is 363 g/mol. The highest BCUT2D eigenvalue weighted by atomic mass is 16.6. The molecule has 0 aromatic heterocycles. The molecule has 0 aromatic rings. The first-order chi connectivity index (χ1) is 11.8. The Kier molecular flexibility index (Phi) is 5.54. The molecule has 6 heteroatoms. The zero-order valence-corrected chi connectivity index (χ0v) is 17.0. The molecule has 0 saturated carbocycles. The lowest BCUT2D eigenvalue weighted by Gasteiger charge is -2.44. The van der Waals surface area contributed by atoms with Crippen molar-refractivity contribution in [1.29, 1.82) is 5.41 Å². The van der Waals surface area contributed by atoms with Crippen LogP contribution in [-0.4, -0.2) is 47.2 Å². The van der Waals surface area contributed by atoms with E-state index >= 15 is 0 Å². The topological polar surface area (TPSA) is 82.5 Å². The minimum atomic E-state index is -0.503. The molecule has 1 aliphatic carbocycles. The van der Waals surface area contributed by atoms with E-state index in [1.54, 1.807) is 4.90 Å². The highest BCUT2D eigenvalue weighted by Gasteiger charge is 2.43.